The zero-order valence-electron chi connectivity index (χ0n) is 19.1. The third kappa shape index (κ3) is 5.63. The monoisotopic (exact) mass is 474 g/mol. The Hall–Kier alpha value is -3.65. The van der Waals surface area contributed by atoms with E-state index in [4.69, 9.17) is 4.74 Å². The molecule has 0 aliphatic carbocycles. The molecule has 1 N–H and O–H groups in total. The molecule has 8 heteroatoms. The highest BCUT2D eigenvalue weighted by Crippen LogP contribution is 2.27. The fourth-order valence-corrected chi connectivity index (χ4v) is 4.45. The van der Waals surface area contributed by atoms with E-state index in [1.165, 1.54) is 11.8 Å². The second-order valence-electron chi connectivity index (χ2n) is 7.73. The van der Waals surface area contributed by atoms with Crippen molar-refractivity contribution >= 4 is 40.1 Å². The van der Waals surface area contributed by atoms with E-state index in [2.05, 4.69) is 15.5 Å². The van der Waals surface area contributed by atoms with Gasteiger partial charge < -0.3 is 14.6 Å². The molecule has 34 heavy (non-hydrogen) atoms. The quantitative estimate of drug-likeness (QED) is 0.279. The van der Waals surface area contributed by atoms with E-state index in [1.807, 2.05) is 84.3 Å². The van der Waals surface area contributed by atoms with Crippen LogP contribution in [0.4, 0.5) is 5.69 Å². The van der Waals surface area contributed by atoms with E-state index < -0.39 is 5.25 Å². The SMILES string of the molecule is CCOC(=O)Cc1nnc(SC(C)C(=O)Nc2cccc3ccccc23)n1Cc1ccccc1. The molecular formula is C26H26N4O3S. The van der Waals surface area contributed by atoms with Crippen LogP contribution in [0.2, 0.25) is 0 Å². The average molecular weight is 475 g/mol. The number of benzene rings is 3. The molecule has 174 valence electrons. The van der Waals surface area contributed by atoms with Crippen LogP contribution in [0.1, 0.15) is 25.2 Å². The molecule has 1 aromatic heterocycles. The van der Waals surface area contributed by atoms with Crippen molar-refractivity contribution in [3.8, 4) is 0 Å². The summed E-state index contributed by atoms with van der Waals surface area (Å²) < 4.78 is 6.96. The zero-order chi connectivity index (χ0) is 23.9. The minimum atomic E-state index is -0.437. The van der Waals surface area contributed by atoms with Crippen LogP contribution in [0.3, 0.4) is 0 Å². The Kier molecular flexibility index (Phi) is 7.59. The van der Waals surface area contributed by atoms with E-state index >= 15 is 0 Å². The van der Waals surface area contributed by atoms with Gasteiger partial charge in [-0.05, 0) is 30.9 Å². The second kappa shape index (κ2) is 11.0. The van der Waals surface area contributed by atoms with Crippen LogP contribution in [0.15, 0.2) is 78.0 Å². The van der Waals surface area contributed by atoms with Gasteiger partial charge in [0.15, 0.2) is 5.16 Å². The maximum Gasteiger partial charge on any atom is 0.313 e. The third-order valence-electron chi connectivity index (χ3n) is 5.28. The molecule has 1 atom stereocenters. The smallest absolute Gasteiger partial charge is 0.313 e. The van der Waals surface area contributed by atoms with Crippen LogP contribution in [-0.4, -0.2) is 38.5 Å². The first-order valence-electron chi connectivity index (χ1n) is 11.1. The highest BCUT2D eigenvalue weighted by atomic mass is 32.2. The highest BCUT2D eigenvalue weighted by molar-refractivity contribution is 8.00. The molecule has 1 heterocycles. The number of hydrogen-bond acceptors (Lipinski definition) is 6. The predicted octanol–water partition coefficient (Wildman–Crippen LogP) is 4.70. The number of ether oxygens (including phenoxy) is 1. The van der Waals surface area contributed by atoms with Crippen molar-refractivity contribution in [1.29, 1.82) is 0 Å². The molecule has 0 spiro atoms. The summed E-state index contributed by atoms with van der Waals surface area (Å²) in [4.78, 5) is 25.1. The van der Waals surface area contributed by atoms with Crippen LogP contribution >= 0.6 is 11.8 Å². The van der Waals surface area contributed by atoms with E-state index in [1.54, 1.807) is 6.92 Å². The summed E-state index contributed by atoms with van der Waals surface area (Å²) in [5.41, 5.74) is 1.81. The van der Waals surface area contributed by atoms with Gasteiger partial charge in [0.25, 0.3) is 0 Å². The first-order valence-corrected chi connectivity index (χ1v) is 12.0. The predicted molar refractivity (Wildman–Crippen MR) is 134 cm³/mol. The lowest BCUT2D eigenvalue weighted by Crippen LogP contribution is -2.23. The number of hydrogen-bond donors (Lipinski definition) is 1. The zero-order valence-corrected chi connectivity index (χ0v) is 19.9. The fraction of sp³-hybridized carbons (Fsp3) is 0.231. The summed E-state index contributed by atoms with van der Waals surface area (Å²) >= 11 is 1.31. The van der Waals surface area contributed by atoms with Gasteiger partial charge in [-0.25, -0.2) is 0 Å². The standard InChI is InChI=1S/C26H26N4O3S/c1-3-33-24(31)16-23-28-29-26(30(23)17-19-10-5-4-6-11-19)34-18(2)25(32)27-22-15-9-13-20-12-7-8-14-21(20)22/h4-15,18H,3,16-17H2,1-2H3,(H,27,32). The van der Waals surface area contributed by atoms with Gasteiger partial charge >= 0.3 is 5.97 Å². The Morgan fingerprint density at radius 2 is 1.74 bits per heavy atom. The number of amides is 1. The van der Waals surface area contributed by atoms with E-state index in [0.717, 1.165) is 22.0 Å². The Bertz CT molecular complexity index is 1280. The van der Waals surface area contributed by atoms with Crippen molar-refractivity contribution in [1.82, 2.24) is 14.8 Å². The maximum absolute atomic E-state index is 13.0. The fourth-order valence-electron chi connectivity index (χ4n) is 3.58. The lowest BCUT2D eigenvalue weighted by atomic mass is 10.1. The number of aromatic nitrogens is 3. The molecule has 0 fully saturated rings. The molecular weight excluding hydrogens is 448 g/mol. The van der Waals surface area contributed by atoms with Crippen molar-refractivity contribution in [2.24, 2.45) is 0 Å². The maximum atomic E-state index is 13.0. The Morgan fingerprint density at radius 3 is 2.53 bits per heavy atom. The van der Waals surface area contributed by atoms with E-state index in [-0.39, 0.29) is 18.3 Å². The normalized spacial score (nSPS) is 11.8. The molecule has 0 aliphatic rings. The summed E-state index contributed by atoms with van der Waals surface area (Å²) in [6.45, 7) is 4.39. The van der Waals surface area contributed by atoms with Crippen molar-refractivity contribution in [2.75, 3.05) is 11.9 Å². The molecule has 0 radical (unpaired) electrons. The lowest BCUT2D eigenvalue weighted by Gasteiger charge is -2.15. The van der Waals surface area contributed by atoms with Gasteiger partial charge in [-0.3, -0.25) is 9.59 Å². The Labute approximate surface area is 202 Å². The largest absolute Gasteiger partial charge is 0.466 e. The Balaban J connectivity index is 1.53. The molecule has 0 aliphatic heterocycles. The number of carbonyl (C=O) groups is 2. The summed E-state index contributed by atoms with van der Waals surface area (Å²) in [6.07, 6.45) is 0.0187. The minimum Gasteiger partial charge on any atom is -0.466 e. The molecule has 7 nitrogen and oxygen atoms in total. The first-order chi connectivity index (χ1) is 16.5. The minimum absolute atomic E-state index is 0.0187. The number of rotatable bonds is 9. The van der Waals surface area contributed by atoms with Crippen LogP contribution in [0.5, 0.6) is 0 Å². The van der Waals surface area contributed by atoms with Crippen molar-refractivity contribution in [2.45, 2.75) is 37.2 Å². The van der Waals surface area contributed by atoms with Gasteiger partial charge in [-0.15, -0.1) is 10.2 Å². The summed E-state index contributed by atoms with van der Waals surface area (Å²) in [7, 11) is 0. The van der Waals surface area contributed by atoms with Gasteiger partial charge in [-0.1, -0.05) is 78.5 Å². The summed E-state index contributed by atoms with van der Waals surface area (Å²) in [6, 6.07) is 23.6. The number of anilines is 1. The number of esters is 1. The number of fused-ring (bicyclic) bond motifs is 1. The summed E-state index contributed by atoms with van der Waals surface area (Å²) in [5.74, 6) is 0.0107. The number of nitrogens with one attached hydrogen (secondary N) is 1. The van der Waals surface area contributed by atoms with Crippen LogP contribution in [0.25, 0.3) is 10.8 Å². The first kappa shape index (κ1) is 23.5. The van der Waals surface area contributed by atoms with Crippen molar-refractivity contribution in [3.63, 3.8) is 0 Å². The van der Waals surface area contributed by atoms with Gasteiger partial charge in [0.1, 0.15) is 12.2 Å². The van der Waals surface area contributed by atoms with Gasteiger partial charge in [0.2, 0.25) is 5.91 Å². The van der Waals surface area contributed by atoms with Crippen LogP contribution in [-0.2, 0) is 27.3 Å². The third-order valence-corrected chi connectivity index (χ3v) is 6.36. The Morgan fingerprint density at radius 1 is 1.00 bits per heavy atom. The van der Waals surface area contributed by atoms with Crippen molar-refractivity contribution < 1.29 is 14.3 Å². The van der Waals surface area contributed by atoms with Crippen LogP contribution in [0, 0.1) is 0 Å². The van der Waals surface area contributed by atoms with Crippen molar-refractivity contribution in [3.05, 3.63) is 84.2 Å². The van der Waals surface area contributed by atoms with E-state index in [0.29, 0.717) is 24.1 Å². The number of nitrogens with zero attached hydrogens (tertiary/aromatic N) is 3. The van der Waals surface area contributed by atoms with E-state index in [9.17, 15) is 9.59 Å². The number of thioether (sulfide) groups is 1. The molecule has 3 aromatic carbocycles. The van der Waals surface area contributed by atoms with Crippen LogP contribution < -0.4 is 5.32 Å². The molecule has 0 bridgehead atoms. The van der Waals surface area contributed by atoms with Gasteiger partial charge in [0.05, 0.1) is 18.4 Å². The topological polar surface area (TPSA) is 86.1 Å². The molecule has 0 saturated carbocycles. The molecule has 1 amide bonds. The number of carbonyl (C=O) groups excluding carboxylic acids is 2. The van der Waals surface area contributed by atoms with Gasteiger partial charge in [-0.2, -0.15) is 0 Å². The molecule has 4 rings (SSSR count). The van der Waals surface area contributed by atoms with Gasteiger partial charge in [0, 0.05) is 11.1 Å². The highest BCUT2D eigenvalue weighted by Gasteiger charge is 2.22. The molecule has 4 aromatic rings. The second-order valence-corrected chi connectivity index (χ2v) is 9.04. The molecule has 1 unspecified atom stereocenters. The lowest BCUT2D eigenvalue weighted by molar-refractivity contribution is -0.142. The summed E-state index contributed by atoms with van der Waals surface area (Å²) in [5, 5.41) is 13.7. The molecule has 0 saturated heterocycles. The average Bonchev–Trinajstić information content (AvgIpc) is 3.20.